The molecule has 0 atom stereocenters. The zero-order valence-electron chi connectivity index (χ0n) is 12.2. The molecule has 0 radical (unpaired) electrons. The average molecular weight is 306 g/mol. The van der Waals surface area contributed by atoms with E-state index >= 15 is 0 Å². The Morgan fingerprint density at radius 2 is 2.10 bits per heavy atom. The summed E-state index contributed by atoms with van der Waals surface area (Å²) < 4.78 is 15.8. The number of nitrogens with two attached hydrogens (primary N) is 1. The molecule has 0 fully saturated rings. The van der Waals surface area contributed by atoms with Crippen molar-refractivity contribution in [1.82, 2.24) is 9.55 Å². The van der Waals surface area contributed by atoms with Crippen molar-refractivity contribution in [2.75, 3.05) is 5.73 Å². The standard InChI is InChI=1S/C16H17ClFN3/c1-5-9-21-14(19)13(20-15(21)16(2,3)4)12-10(17)7-6-8-11(12)18/h1,6-8H,9,19H2,2-4H3. The molecule has 3 nitrogen and oxygen atoms in total. The predicted octanol–water partition coefficient (Wildman–Crippen LogP) is 3.86. The minimum atomic E-state index is -0.458. The van der Waals surface area contributed by atoms with Crippen LogP contribution < -0.4 is 5.73 Å². The lowest BCUT2D eigenvalue weighted by Crippen LogP contribution is -2.19. The third kappa shape index (κ3) is 2.74. The minimum absolute atomic E-state index is 0.206. The Morgan fingerprint density at radius 1 is 1.43 bits per heavy atom. The van der Waals surface area contributed by atoms with Gasteiger partial charge in [0, 0.05) is 5.41 Å². The molecule has 0 aliphatic heterocycles. The third-order valence-electron chi connectivity index (χ3n) is 3.13. The highest BCUT2D eigenvalue weighted by atomic mass is 35.5. The van der Waals surface area contributed by atoms with Gasteiger partial charge in [0.2, 0.25) is 0 Å². The summed E-state index contributed by atoms with van der Waals surface area (Å²) in [7, 11) is 0. The van der Waals surface area contributed by atoms with Gasteiger partial charge in [-0.2, -0.15) is 0 Å². The van der Waals surface area contributed by atoms with Crippen LogP contribution in [0.1, 0.15) is 26.6 Å². The van der Waals surface area contributed by atoms with Crippen LogP contribution in [0.25, 0.3) is 11.3 Å². The summed E-state index contributed by atoms with van der Waals surface area (Å²) in [5, 5.41) is 0.271. The van der Waals surface area contributed by atoms with Crippen molar-refractivity contribution in [2.24, 2.45) is 0 Å². The van der Waals surface area contributed by atoms with Crippen LogP contribution in [0, 0.1) is 18.2 Å². The summed E-state index contributed by atoms with van der Waals surface area (Å²) in [6, 6.07) is 4.48. The van der Waals surface area contributed by atoms with Crippen molar-refractivity contribution in [3.8, 4) is 23.6 Å². The van der Waals surface area contributed by atoms with Gasteiger partial charge < -0.3 is 10.3 Å². The lowest BCUT2D eigenvalue weighted by Gasteiger charge is -2.18. The fraction of sp³-hybridized carbons (Fsp3) is 0.312. The van der Waals surface area contributed by atoms with E-state index in [9.17, 15) is 4.39 Å². The topological polar surface area (TPSA) is 43.8 Å². The molecule has 0 aliphatic carbocycles. The van der Waals surface area contributed by atoms with Crippen LogP contribution in [0.2, 0.25) is 5.02 Å². The number of nitrogens with zero attached hydrogens (tertiary/aromatic N) is 2. The van der Waals surface area contributed by atoms with Gasteiger partial charge in [-0.1, -0.05) is 44.4 Å². The summed E-state index contributed by atoms with van der Waals surface area (Å²) in [5.41, 5.74) is 6.40. The van der Waals surface area contributed by atoms with Crippen LogP contribution in [0.5, 0.6) is 0 Å². The average Bonchev–Trinajstić information content (AvgIpc) is 2.68. The summed E-state index contributed by atoms with van der Waals surface area (Å²) in [6.07, 6.45) is 5.40. The maximum Gasteiger partial charge on any atom is 0.134 e. The number of halogens is 2. The van der Waals surface area contributed by atoms with E-state index in [1.807, 2.05) is 20.8 Å². The molecular formula is C16H17ClFN3. The van der Waals surface area contributed by atoms with Crippen molar-refractivity contribution in [3.63, 3.8) is 0 Å². The number of hydrogen-bond acceptors (Lipinski definition) is 2. The van der Waals surface area contributed by atoms with E-state index in [-0.39, 0.29) is 22.5 Å². The number of rotatable bonds is 2. The monoisotopic (exact) mass is 305 g/mol. The van der Waals surface area contributed by atoms with E-state index < -0.39 is 5.82 Å². The van der Waals surface area contributed by atoms with Gasteiger partial charge in [-0.3, -0.25) is 0 Å². The number of imidazole rings is 1. The van der Waals surface area contributed by atoms with Gasteiger partial charge >= 0.3 is 0 Å². The quantitative estimate of drug-likeness (QED) is 0.856. The van der Waals surface area contributed by atoms with E-state index in [1.54, 1.807) is 16.7 Å². The molecule has 0 aliphatic rings. The van der Waals surface area contributed by atoms with Crippen LogP contribution in [0.15, 0.2) is 18.2 Å². The zero-order valence-corrected chi connectivity index (χ0v) is 13.0. The van der Waals surface area contributed by atoms with Crippen molar-refractivity contribution in [1.29, 1.82) is 0 Å². The summed E-state index contributed by atoms with van der Waals surface area (Å²) in [4.78, 5) is 4.51. The van der Waals surface area contributed by atoms with Crippen LogP contribution in [0.3, 0.4) is 0 Å². The highest BCUT2D eigenvalue weighted by Gasteiger charge is 2.27. The largest absolute Gasteiger partial charge is 0.383 e. The molecule has 2 N–H and O–H groups in total. The molecule has 0 saturated heterocycles. The minimum Gasteiger partial charge on any atom is -0.383 e. The number of anilines is 1. The smallest absolute Gasteiger partial charge is 0.134 e. The first kappa shape index (κ1) is 15.4. The first-order chi connectivity index (χ1) is 9.77. The number of hydrogen-bond donors (Lipinski definition) is 1. The summed E-state index contributed by atoms with van der Waals surface area (Å²) >= 11 is 6.10. The Hall–Kier alpha value is -1.99. The van der Waals surface area contributed by atoms with Gasteiger partial charge in [0.05, 0.1) is 17.1 Å². The number of aromatic nitrogens is 2. The van der Waals surface area contributed by atoms with Gasteiger partial charge in [-0.05, 0) is 12.1 Å². The fourth-order valence-electron chi connectivity index (χ4n) is 2.20. The molecule has 2 aromatic rings. The van der Waals surface area contributed by atoms with Crippen molar-refractivity contribution in [2.45, 2.75) is 32.7 Å². The first-order valence-corrected chi connectivity index (χ1v) is 6.89. The van der Waals surface area contributed by atoms with E-state index in [1.165, 1.54) is 6.07 Å². The maximum absolute atomic E-state index is 14.1. The molecule has 2 rings (SSSR count). The van der Waals surface area contributed by atoms with Crippen LogP contribution >= 0.6 is 11.6 Å². The maximum atomic E-state index is 14.1. The molecule has 0 unspecified atom stereocenters. The summed E-state index contributed by atoms with van der Waals surface area (Å²) in [5.74, 6) is 3.11. The van der Waals surface area contributed by atoms with Crippen molar-refractivity contribution in [3.05, 3.63) is 34.9 Å². The zero-order chi connectivity index (χ0) is 15.8. The van der Waals surface area contributed by atoms with Gasteiger partial charge in [-0.25, -0.2) is 9.37 Å². The highest BCUT2D eigenvalue weighted by molar-refractivity contribution is 6.33. The molecule has 110 valence electrons. The molecule has 0 saturated carbocycles. The third-order valence-corrected chi connectivity index (χ3v) is 3.44. The molecule has 5 heteroatoms. The van der Waals surface area contributed by atoms with Gasteiger partial charge in [0.15, 0.2) is 0 Å². The van der Waals surface area contributed by atoms with E-state index in [0.717, 1.165) is 0 Å². The Bertz CT molecular complexity index is 700. The lowest BCUT2D eigenvalue weighted by atomic mass is 9.95. The van der Waals surface area contributed by atoms with E-state index in [0.29, 0.717) is 17.3 Å². The van der Waals surface area contributed by atoms with Gasteiger partial charge in [0.25, 0.3) is 0 Å². The number of nitrogen functional groups attached to an aromatic ring is 1. The molecule has 21 heavy (non-hydrogen) atoms. The van der Waals surface area contributed by atoms with E-state index in [4.69, 9.17) is 23.8 Å². The Balaban J connectivity index is 2.75. The molecule has 1 aromatic heterocycles. The molecule has 0 amide bonds. The number of benzene rings is 1. The normalized spacial score (nSPS) is 11.4. The SMILES string of the molecule is C#CCn1c(C(C)(C)C)nc(-c2c(F)cccc2Cl)c1N. The lowest BCUT2D eigenvalue weighted by molar-refractivity contribution is 0.517. The Labute approximate surface area is 128 Å². The van der Waals surface area contributed by atoms with Gasteiger partial charge in [0.1, 0.15) is 23.2 Å². The predicted molar refractivity (Wildman–Crippen MR) is 84.6 cm³/mol. The van der Waals surface area contributed by atoms with Gasteiger partial charge in [-0.15, -0.1) is 6.42 Å². The van der Waals surface area contributed by atoms with Crippen LogP contribution in [-0.4, -0.2) is 9.55 Å². The van der Waals surface area contributed by atoms with E-state index in [2.05, 4.69) is 10.9 Å². The second-order valence-corrected chi connectivity index (χ2v) is 6.21. The summed E-state index contributed by atoms with van der Waals surface area (Å²) in [6.45, 7) is 6.26. The van der Waals surface area contributed by atoms with Crippen LogP contribution in [0.4, 0.5) is 10.2 Å². The van der Waals surface area contributed by atoms with Crippen molar-refractivity contribution >= 4 is 17.4 Å². The Kier molecular flexibility index (Phi) is 3.97. The molecule has 0 bridgehead atoms. The molecule has 1 heterocycles. The molecule has 1 aromatic carbocycles. The molecular weight excluding hydrogens is 289 g/mol. The Morgan fingerprint density at radius 3 is 2.62 bits per heavy atom. The first-order valence-electron chi connectivity index (χ1n) is 6.51. The number of terminal acetylenes is 1. The van der Waals surface area contributed by atoms with Crippen molar-refractivity contribution < 1.29 is 4.39 Å². The second kappa shape index (κ2) is 5.42. The fourth-order valence-corrected chi connectivity index (χ4v) is 2.45. The highest BCUT2D eigenvalue weighted by Crippen LogP contribution is 2.36. The van der Waals surface area contributed by atoms with Crippen LogP contribution in [-0.2, 0) is 12.0 Å². The molecule has 0 spiro atoms. The second-order valence-electron chi connectivity index (χ2n) is 5.81.